The van der Waals surface area contributed by atoms with Gasteiger partial charge in [-0.1, -0.05) is 36.4 Å². The number of nitrogens with zero attached hydrogens (tertiary/aromatic N) is 1. The summed E-state index contributed by atoms with van der Waals surface area (Å²) in [6, 6.07) is 11.5. The highest BCUT2D eigenvalue weighted by Crippen LogP contribution is 2.52. The SMILES string of the molecule is Cc1ccc(O)c2c1C[C@@H]1C[C@@H]3[C@@H](N(C)C)C(OCc4ccccc4)=C(C(N)=O)C(=O)[C@]3(O)C(=O)C1=C2O. The Morgan fingerprint density at radius 3 is 2.42 bits per heavy atom. The van der Waals surface area contributed by atoms with Crippen molar-refractivity contribution in [2.24, 2.45) is 17.6 Å². The first-order valence-electron chi connectivity index (χ1n) is 12.4. The summed E-state index contributed by atoms with van der Waals surface area (Å²) in [5.41, 5.74) is 4.75. The molecule has 0 aromatic heterocycles. The molecule has 5 N–H and O–H groups in total. The summed E-state index contributed by atoms with van der Waals surface area (Å²) in [4.78, 5) is 42.0. The number of benzene rings is 2. The number of phenolic OH excluding ortho intramolecular Hbond substituents is 1. The van der Waals surface area contributed by atoms with Gasteiger partial charge in [-0.05, 0) is 62.5 Å². The topological polar surface area (TPSA) is 150 Å². The van der Waals surface area contributed by atoms with Crippen LogP contribution in [0, 0.1) is 18.8 Å². The number of Topliss-reactive ketones (excluding diaryl/α,β-unsaturated/α-hetero) is 2. The highest BCUT2D eigenvalue weighted by atomic mass is 16.5. The summed E-state index contributed by atoms with van der Waals surface area (Å²) < 4.78 is 6.06. The Hall–Kier alpha value is -3.95. The zero-order chi connectivity index (χ0) is 27.5. The number of ketones is 2. The van der Waals surface area contributed by atoms with Crippen molar-refractivity contribution in [1.29, 1.82) is 0 Å². The van der Waals surface area contributed by atoms with E-state index >= 15 is 0 Å². The third-order valence-corrected chi connectivity index (χ3v) is 8.05. The Kier molecular flexibility index (Phi) is 6.16. The molecule has 1 amide bonds. The number of aromatic hydroxyl groups is 1. The number of primary amides is 1. The number of aliphatic hydroxyl groups is 2. The maximum Gasteiger partial charge on any atom is 0.255 e. The molecule has 2 aromatic rings. The normalized spacial score (nSPS) is 26.7. The molecule has 0 saturated heterocycles. The second-order valence-electron chi connectivity index (χ2n) is 10.5. The van der Waals surface area contributed by atoms with Gasteiger partial charge in [-0.15, -0.1) is 0 Å². The summed E-state index contributed by atoms with van der Waals surface area (Å²) in [5.74, 6) is -5.40. The third kappa shape index (κ3) is 3.65. The first-order valence-corrected chi connectivity index (χ1v) is 12.4. The Labute approximate surface area is 219 Å². The number of likely N-dealkylation sites (N-methyl/N-ethyl adjacent to an activating group) is 1. The molecule has 0 unspecified atom stereocenters. The second-order valence-corrected chi connectivity index (χ2v) is 10.5. The average molecular weight is 519 g/mol. The molecule has 38 heavy (non-hydrogen) atoms. The molecule has 2 aromatic carbocycles. The van der Waals surface area contributed by atoms with Crippen molar-refractivity contribution in [2.45, 2.75) is 38.0 Å². The lowest BCUT2D eigenvalue weighted by molar-refractivity contribution is -0.162. The van der Waals surface area contributed by atoms with Gasteiger partial charge in [-0.3, -0.25) is 19.3 Å². The number of aliphatic hydroxyl groups excluding tert-OH is 1. The van der Waals surface area contributed by atoms with Gasteiger partial charge in [0.15, 0.2) is 5.60 Å². The van der Waals surface area contributed by atoms with E-state index in [4.69, 9.17) is 10.5 Å². The number of phenols is 1. The molecular formula is C29H30N2O7. The van der Waals surface area contributed by atoms with Crippen molar-refractivity contribution in [2.75, 3.05) is 14.1 Å². The quantitative estimate of drug-likeness (QED) is 0.346. The zero-order valence-electron chi connectivity index (χ0n) is 21.4. The summed E-state index contributed by atoms with van der Waals surface area (Å²) in [7, 11) is 3.41. The molecule has 9 heteroatoms. The molecule has 198 valence electrons. The van der Waals surface area contributed by atoms with E-state index in [1.165, 1.54) is 6.07 Å². The van der Waals surface area contributed by atoms with Crippen molar-refractivity contribution in [1.82, 2.24) is 4.90 Å². The van der Waals surface area contributed by atoms with E-state index in [2.05, 4.69) is 0 Å². The minimum Gasteiger partial charge on any atom is -0.507 e. The summed E-state index contributed by atoms with van der Waals surface area (Å²) in [6.45, 7) is 1.90. The molecule has 0 heterocycles. The first-order chi connectivity index (χ1) is 18.0. The predicted octanol–water partition coefficient (Wildman–Crippen LogP) is 1.93. The fourth-order valence-corrected chi connectivity index (χ4v) is 6.27. The summed E-state index contributed by atoms with van der Waals surface area (Å²) in [5, 5.41) is 33.5. The minimum absolute atomic E-state index is 0.0144. The molecule has 1 fully saturated rings. The van der Waals surface area contributed by atoms with Crippen molar-refractivity contribution >= 4 is 23.2 Å². The van der Waals surface area contributed by atoms with Gasteiger partial charge < -0.3 is 25.8 Å². The zero-order valence-corrected chi connectivity index (χ0v) is 21.4. The van der Waals surface area contributed by atoms with Crippen LogP contribution in [0.3, 0.4) is 0 Å². The molecule has 4 atom stereocenters. The molecule has 1 saturated carbocycles. The summed E-state index contributed by atoms with van der Waals surface area (Å²) in [6.07, 6.45) is 0.475. The predicted molar refractivity (Wildman–Crippen MR) is 138 cm³/mol. The van der Waals surface area contributed by atoms with E-state index in [0.717, 1.165) is 11.1 Å². The largest absolute Gasteiger partial charge is 0.507 e. The lowest BCUT2D eigenvalue weighted by atomic mass is 9.57. The van der Waals surface area contributed by atoms with Gasteiger partial charge in [0.25, 0.3) is 5.91 Å². The molecule has 3 aliphatic carbocycles. The summed E-state index contributed by atoms with van der Waals surface area (Å²) >= 11 is 0. The van der Waals surface area contributed by atoms with Crippen LogP contribution in [0.4, 0.5) is 0 Å². The Morgan fingerprint density at radius 2 is 1.79 bits per heavy atom. The minimum atomic E-state index is -2.64. The van der Waals surface area contributed by atoms with Crippen LogP contribution in [0.2, 0.25) is 0 Å². The van der Waals surface area contributed by atoms with E-state index in [9.17, 15) is 29.7 Å². The van der Waals surface area contributed by atoms with Crippen LogP contribution < -0.4 is 5.73 Å². The van der Waals surface area contributed by atoms with Crippen LogP contribution in [0.25, 0.3) is 5.76 Å². The number of nitrogens with two attached hydrogens (primary N) is 1. The number of ether oxygens (including phenoxy) is 1. The van der Waals surface area contributed by atoms with Gasteiger partial charge >= 0.3 is 0 Å². The monoisotopic (exact) mass is 518 g/mol. The van der Waals surface area contributed by atoms with E-state index in [0.29, 0.717) is 12.0 Å². The second kappa shape index (κ2) is 9.11. The number of carbonyl (C=O) groups is 3. The number of amides is 1. The number of hydrogen-bond acceptors (Lipinski definition) is 8. The highest BCUT2D eigenvalue weighted by Gasteiger charge is 2.65. The lowest BCUT2D eigenvalue weighted by Crippen LogP contribution is -2.67. The number of fused-ring (bicyclic) bond motifs is 3. The van der Waals surface area contributed by atoms with E-state index in [1.54, 1.807) is 25.1 Å². The average Bonchev–Trinajstić information content (AvgIpc) is 2.87. The number of hydrogen-bond donors (Lipinski definition) is 4. The van der Waals surface area contributed by atoms with Crippen molar-refractivity contribution < 1.29 is 34.4 Å². The van der Waals surface area contributed by atoms with Gasteiger partial charge in [0.2, 0.25) is 11.6 Å². The van der Waals surface area contributed by atoms with Crippen LogP contribution >= 0.6 is 0 Å². The van der Waals surface area contributed by atoms with E-state index in [-0.39, 0.29) is 35.7 Å². The van der Waals surface area contributed by atoms with Gasteiger partial charge in [0, 0.05) is 11.5 Å². The number of carbonyl (C=O) groups excluding carboxylic acids is 3. The molecule has 0 spiro atoms. The molecule has 9 nitrogen and oxygen atoms in total. The third-order valence-electron chi connectivity index (χ3n) is 8.05. The number of rotatable bonds is 5. The Bertz CT molecular complexity index is 1430. The number of aryl methyl sites for hydroxylation is 1. The fraction of sp³-hybridized carbons (Fsp3) is 0.345. The highest BCUT2D eigenvalue weighted by molar-refractivity contribution is 6.33. The molecular weight excluding hydrogens is 488 g/mol. The van der Waals surface area contributed by atoms with Gasteiger partial charge in [-0.2, -0.15) is 0 Å². The Balaban J connectivity index is 1.66. The smallest absolute Gasteiger partial charge is 0.255 e. The molecule has 0 radical (unpaired) electrons. The standard InChI is InChI=1S/C29H30N2O7/c1-14-9-10-19(32)21-17(14)11-16-12-18-23(31(2)3)25(38-13-15-7-5-4-6-8-15)22(28(30)36)27(35)29(18,37)26(34)20(16)24(21)33/h4-10,16,18,23,32-33,37H,11-13H2,1-3H3,(H2,30,36)/t16-,18-,23-,29-/m1/s1. The molecule has 5 rings (SSSR count). The van der Waals surface area contributed by atoms with Crippen LogP contribution in [0.5, 0.6) is 5.75 Å². The van der Waals surface area contributed by atoms with Crippen molar-refractivity contribution in [3.8, 4) is 5.75 Å². The van der Waals surface area contributed by atoms with Crippen molar-refractivity contribution in [3.63, 3.8) is 0 Å². The van der Waals surface area contributed by atoms with Gasteiger partial charge in [0.1, 0.15) is 29.4 Å². The maximum absolute atomic E-state index is 14.0. The molecule has 0 aliphatic heterocycles. The van der Waals surface area contributed by atoms with Gasteiger partial charge in [-0.25, -0.2) is 0 Å². The van der Waals surface area contributed by atoms with Crippen molar-refractivity contribution in [3.05, 3.63) is 81.6 Å². The maximum atomic E-state index is 14.0. The van der Waals surface area contributed by atoms with Gasteiger partial charge in [0.05, 0.1) is 11.6 Å². The molecule has 3 aliphatic rings. The van der Waals surface area contributed by atoms with Crippen LogP contribution in [-0.2, 0) is 32.1 Å². The fourth-order valence-electron chi connectivity index (χ4n) is 6.27. The lowest BCUT2D eigenvalue weighted by Gasteiger charge is -2.50. The van der Waals surface area contributed by atoms with Crippen LogP contribution in [-0.4, -0.2) is 63.4 Å². The van der Waals surface area contributed by atoms with E-state index in [1.807, 2.05) is 37.3 Å². The van der Waals surface area contributed by atoms with Crippen LogP contribution in [0.15, 0.2) is 59.4 Å². The van der Waals surface area contributed by atoms with E-state index < -0.39 is 52.3 Å². The molecule has 0 bridgehead atoms. The van der Waals surface area contributed by atoms with Crippen LogP contribution in [0.1, 0.15) is 28.7 Å². The Morgan fingerprint density at radius 1 is 1.11 bits per heavy atom. The first kappa shape index (κ1) is 25.7.